The van der Waals surface area contributed by atoms with Gasteiger partial charge in [0.25, 0.3) is 5.91 Å². The summed E-state index contributed by atoms with van der Waals surface area (Å²) < 4.78 is 2.56. The molecule has 5 rings (SSSR count). The first kappa shape index (κ1) is 20.3. The van der Waals surface area contributed by atoms with E-state index in [0.29, 0.717) is 27.3 Å². The van der Waals surface area contributed by atoms with Crippen LogP contribution in [0, 0.1) is 0 Å². The first-order valence-electron chi connectivity index (χ1n) is 9.68. The molecule has 5 aromatic rings. The number of anilines is 1. The van der Waals surface area contributed by atoms with Crippen LogP contribution in [0.15, 0.2) is 89.0 Å². The van der Waals surface area contributed by atoms with Gasteiger partial charge in [-0.05, 0) is 53.9 Å². The van der Waals surface area contributed by atoms with Gasteiger partial charge in [0.1, 0.15) is 0 Å². The molecule has 1 N–H and O–H groups in total. The molecule has 0 bridgehead atoms. The second-order valence-corrected chi connectivity index (χ2v) is 8.84. The molecule has 0 atom stereocenters. The Morgan fingerprint density at radius 1 is 1.00 bits per heavy atom. The minimum atomic E-state index is -0.197. The molecule has 0 fully saturated rings. The second kappa shape index (κ2) is 8.49. The summed E-state index contributed by atoms with van der Waals surface area (Å²) in [6.45, 7) is 0. The molecule has 3 aromatic heterocycles. The number of fused-ring (bicyclic) bond motifs is 1. The number of rotatable bonds is 5. The molecule has 0 aliphatic heterocycles. The minimum Gasteiger partial charge on any atom is -0.322 e. The van der Waals surface area contributed by atoms with Gasteiger partial charge in [-0.15, -0.1) is 11.3 Å². The summed E-state index contributed by atoms with van der Waals surface area (Å²) >= 11 is 4.76. The van der Waals surface area contributed by atoms with Crippen molar-refractivity contribution in [3.63, 3.8) is 0 Å². The van der Waals surface area contributed by atoms with Crippen molar-refractivity contribution in [3.05, 3.63) is 105 Å². The fraction of sp³-hybridized carbons (Fsp3) is 0. The molecule has 0 radical (unpaired) electrons. The lowest BCUT2D eigenvalue weighted by atomic mass is 10.1. The maximum atomic E-state index is 12.8. The van der Waals surface area contributed by atoms with Gasteiger partial charge < -0.3 is 5.32 Å². The van der Waals surface area contributed by atoms with Crippen LogP contribution in [0.5, 0.6) is 0 Å². The number of carbonyl (C=O) groups excluding carboxylic acids is 2. The molecule has 156 valence electrons. The zero-order valence-corrected chi connectivity index (χ0v) is 18.9. The van der Waals surface area contributed by atoms with Crippen molar-refractivity contribution < 1.29 is 9.59 Å². The van der Waals surface area contributed by atoms with Crippen LogP contribution in [0.2, 0.25) is 0 Å². The van der Waals surface area contributed by atoms with E-state index in [1.165, 1.54) is 11.3 Å². The second-order valence-electron chi connectivity index (χ2n) is 6.97. The number of ketones is 1. The molecule has 0 aliphatic rings. The van der Waals surface area contributed by atoms with Gasteiger partial charge in [-0.25, -0.2) is 9.50 Å². The monoisotopic (exact) mass is 502 g/mol. The zero-order valence-electron chi connectivity index (χ0n) is 16.5. The van der Waals surface area contributed by atoms with E-state index in [9.17, 15) is 9.59 Å². The van der Waals surface area contributed by atoms with E-state index in [1.807, 2.05) is 53.9 Å². The first-order valence-corrected chi connectivity index (χ1v) is 11.4. The third-order valence-corrected chi connectivity index (χ3v) is 6.31. The SMILES string of the molecule is O=C(Nc1cccc(-c2ccnc3c(C(=O)c4cccs4)cnn23)c1)c1ccc(Br)cc1. The average molecular weight is 503 g/mol. The fourth-order valence-electron chi connectivity index (χ4n) is 3.37. The van der Waals surface area contributed by atoms with E-state index >= 15 is 0 Å². The van der Waals surface area contributed by atoms with E-state index in [0.717, 1.165) is 15.7 Å². The largest absolute Gasteiger partial charge is 0.322 e. The van der Waals surface area contributed by atoms with Crippen molar-refractivity contribution in [2.24, 2.45) is 0 Å². The van der Waals surface area contributed by atoms with Crippen LogP contribution in [-0.2, 0) is 0 Å². The molecular formula is C24H15BrN4O2S. The van der Waals surface area contributed by atoms with E-state index < -0.39 is 0 Å². The molecule has 0 saturated carbocycles. The van der Waals surface area contributed by atoms with E-state index in [1.54, 1.807) is 35.1 Å². The van der Waals surface area contributed by atoms with Gasteiger partial charge in [0.2, 0.25) is 5.78 Å². The van der Waals surface area contributed by atoms with Crippen LogP contribution in [0.1, 0.15) is 25.6 Å². The lowest BCUT2D eigenvalue weighted by Gasteiger charge is -2.09. The summed E-state index contributed by atoms with van der Waals surface area (Å²) in [6.07, 6.45) is 3.21. The van der Waals surface area contributed by atoms with Gasteiger partial charge in [0.05, 0.1) is 22.3 Å². The Labute approximate surface area is 195 Å². The maximum Gasteiger partial charge on any atom is 0.255 e. The summed E-state index contributed by atoms with van der Waals surface area (Å²) in [6, 6.07) is 20.1. The zero-order chi connectivity index (χ0) is 22.1. The van der Waals surface area contributed by atoms with Crippen molar-refractivity contribution in [3.8, 4) is 11.3 Å². The number of aromatic nitrogens is 3. The van der Waals surface area contributed by atoms with Crippen LogP contribution in [0.25, 0.3) is 16.9 Å². The molecule has 6 nitrogen and oxygen atoms in total. The standard InChI is InChI=1S/C24H15BrN4O2S/c25-17-8-6-15(7-9-17)24(31)28-18-4-1-3-16(13-18)20-10-11-26-23-19(14-27-29(20)23)22(30)21-5-2-12-32-21/h1-14H,(H,28,31). The Kier molecular flexibility index (Phi) is 5.38. The quantitative estimate of drug-likeness (QED) is 0.312. The molecule has 3 heterocycles. The number of thiophene rings is 1. The summed E-state index contributed by atoms with van der Waals surface area (Å²) in [7, 11) is 0. The summed E-state index contributed by atoms with van der Waals surface area (Å²) in [5, 5.41) is 9.21. The highest BCUT2D eigenvalue weighted by Crippen LogP contribution is 2.25. The smallest absolute Gasteiger partial charge is 0.255 e. The Balaban J connectivity index is 1.47. The molecule has 1 amide bonds. The van der Waals surface area contributed by atoms with Gasteiger partial charge in [0, 0.05) is 27.5 Å². The lowest BCUT2D eigenvalue weighted by Crippen LogP contribution is -2.11. The number of hydrogen-bond acceptors (Lipinski definition) is 5. The van der Waals surface area contributed by atoms with Crippen molar-refractivity contribution >= 4 is 50.3 Å². The van der Waals surface area contributed by atoms with Crippen LogP contribution < -0.4 is 5.32 Å². The molecule has 0 saturated heterocycles. The molecule has 0 spiro atoms. The first-order chi connectivity index (χ1) is 15.6. The number of amides is 1. The van der Waals surface area contributed by atoms with Crippen molar-refractivity contribution in [1.82, 2.24) is 14.6 Å². The third-order valence-electron chi connectivity index (χ3n) is 4.91. The maximum absolute atomic E-state index is 12.8. The average Bonchev–Trinajstić information content (AvgIpc) is 3.49. The van der Waals surface area contributed by atoms with Crippen LogP contribution >= 0.6 is 27.3 Å². The highest BCUT2D eigenvalue weighted by atomic mass is 79.9. The van der Waals surface area contributed by atoms with Gasteiger partial charge >= 0.3 is 0 Å². The van der Waals surface area contributed by atoms with Gasteiger partial charge in [-0.3, -0.25) is 9.59 Å². The minimum absolute atomic E-state index is 0.102. The number of nitrogens with zero attached hydrogens (tertiary/aromatic N) is 3. The summed E-state index contributed by atoms with van der Waals surface area (Å²) in [5.41, 5.74) is 3.76. The number of benzene rings is 2. The molecule has 2 aromatic carbocycles. The van der Waals surface area contributed by atoms with Gasteiger partial charge in [-0.1, -0.05) is 34.1 Å². The summed E-state index contributed by atoms with van der Waals surface area (Å²) in [4.78, 5) is 30.4. The van der Waals surface area contributed by atoms with Crippen LogP contribution in [0.3, 0.4) is 0 Å². The van der Waals surface area contributed by atoms with Crippen molar-refractivity contribution in [2.75, 3.05) is 5.32 Å². The predicted molar refractivity (Wildman–Crippen MR) is 128 cm³/mol. The third kappa shape index (κ3) is 3.86. The number of halogens is 1. The van der Waals surface area contributed by atoms with E-state index in [2.05, 4.69) is 31.3 Å². The molecular weight excluding hydrogens is 488 g/mol. The van der Waals surface area contributed by atoms with E-state index in [-0.39, 0.29) is 11.7 Å². The number of carbonyl (C=O) groups is 2. The topological polar surface area (TPSA) is 76.4 Å². The molecule has 0 unspecified atom stereocenters. The Bertz CT molecular complexity index is 1440. The number of hydrogen-bond donors (Lipinski definition) is 1. The molecule has 0 aliphatic carbocycles. The van der Waals surface area contributed by atoms with Crippen LogP contribution in [-0.4, -0.2) is 26.3 Å². The molecule has 8 heteroatoms. The summed E-state index contributed by atoms with van der Waals surface area (Å²) in [5.74, 6) is -0.299. The predicted octanol–water partition coefficient (Wildman–Crippen LogP) is 5.70. The lowest BCUT2D eigenvalue weighted by molar-refractivity contribution is 0.102. The number of nitrogens with one attached hydrogen (secondary N) is 1. The Morgan fingerprint density at radius 2 is 1.84 bits per heavy atom. The fourth-order valence-corrected chi connectivity index (χ4v) is 4.31. The van der Waals surface area contributed by atoms with Crippen molar-refractivity contribution in [2.45, 2.75) is 0 Å². The van der Waals surface area contributed by atoms with Crippen LogP contribution in [0.4, 0.5) is 5.69 Å². The molecule has 32 heavy (non-hydrogen) atoms. The van der Waals surface area contributed by atoms with Gasteiger partial charge in [-0.2, -0.15) is 5.10 Å². The Hall–Kier alpha value is -3.62. The van der Waals surface area contributed by atoms with Gasteiger partial charge in [0.15, 0.2) is 5.65 Å². The Morgan fingerprint density at radius 3 is 2.62 bits per heavy atom. The highest BCUT2D eigenvalue weighted by molar-refractivity contribution is 9.10. The van der Waals surface area contributed by atoms with E-state index in [4.69, 9.17) is 0 Å². The normalized spacial score (nSPS) is 10.9. The highest BCUT2D eigenvalue weighted by Gasteiger charge is 2.18. The van der Waals surface area contributed by atoms with Crippen molar-refractivity contribution in [1.29, 1.82) is 0 Å².